The Kier molecular flexibility index (Phi) is 9.28. The van der Waals surface area contributed by atoms with Crippen LogP contribution in [0.1, 0.15) is 64.2 Å². The van der Waals surface area contributed by atoms with Crippen molar-refractivity contribution in [2.24, 2.45) is 0 Å². The van der Waals surface area contributed by atoms with Crippen LogP contribution in [-0.4, -0.2) is 0 Å². The van der Waals surface area contributed by atoms with Crippen LogP contribution in [0.2, 0.25) is 0 Å². The number of rotatable bonds is 1. The number of hydrogen-bond acceptors (Lipinski definition) is 1. The van der Waals surface area contributed by atoms with Crippen molar-refractivity contribution in [3.05, 3.63) is 28.6 Å². The molecule has 1 nitrogen and oxygen atoms in total. The Hall–Kier alpha value is -1.26. The van der Waals surface area contributed by atoms with Gasteiger partial charge in [-0.2, -0.15) is 13.2 Å². The topological polar surface area (TPSA) is 26.0 Å². The molecule has 0 bridgehead atoms. The molecule has 1 aromatic carbocycles. The minimum Gasteiger partial charge on any atom is -0.396 e. The zero-order valence-electron chi connectivity index (χ0n) is 13.2. The third-order valence-corrected chi connectivity index (χ3v) is 2.46. The highest BCUT2D eigenvalue weighted by Crippen LogP contribution is 2.39. The van der Waals surface area contributed by atoms with Gasteiger partial charge in [0.25, 0.3) is 0 Å². The Morgan fingerprint density at radius 1 is 1.05 bits per heavy atom. The number of alkyl halides is 3. The zero-order chi connectivity index (χ0) is 16.7. The second-order valence-electron chi connectivity index (χ2n) is 4.02. The monoisotopic (exact) mass is 295 g/mol. The number of nitrogens with two attached hydrogens (primary N) is 1. The molecule has 0 fully saturated rings. The Morgan fingerprint density at radius 2 is 1.45 bits per heavy atom. The summed E-state index contributed by atoms with van der Waals surface area (Å²) in [7, 11) is 0. The van der Waals surface area contributed by atoms with Crippen LogP contribution >= 0.6 is 0 Å². The maximum atomic E-state index is 13.3. The zero-order valence-corrected chi connectivity index (χ0v) is 13.2. The van der Waals surface area contributed by atoms with E-state index in [2.05, 4.69) is 0 Å². The molecule has 0 aliphatic heterocycles. The summed E-state index contributed by atoms with van der Waals surface area (Å²) in [6.07, 6.45) is -4.56. The highest BCUT2D eigenvalue weighted by molar-refractivity contribution is 5.52. The first-order valence-electron chi connectivity index (χ1n) is 6.82. The number of nitrogen functional groups attached to an aromatic ring is 1. The fourth-order valence-corrected chi connectivity index (χ4v) is 1.68. The maximum Gasteiger partial charge on any atom is 0.417 e. The Morgan fingerprint density at radius 3 is 1.75 bits per heavy atom. The van der Waals surface area contributed by atoms with Gasteiger partial charge in [0.2, 0.25) is 0 Å². The fraction of sp³-hybridized carbons (Fsp3) is 0.600. The van der Waals surface area contributed by atoms with Gasteiger partial charge in [-0.15, -0.1) is 0 Å². The van der Waals surface area contributed by atoms with Crippen molar-refractivity contribution in [2.45, 2.75) is 60.6 Å². The molecule has 0 spiro atoms. The van der Waals surface area contributed by atoms with E-state index in [4.69, 9.17) is 5.73 Å². The van der Waals surface area contributed by atoms with Crippen LogP contribution in [0.25, 0.3) is 0 Å². The summed E-state index contributed by atoms with van der Waals surface area (Å²) in [6, 6.07) is 1.07. The molecule has 0 saturated carbocycles. The van der Waals surface area contributed by atoms with Crippen LogP contribution < -0.4 is 5.73 Å². The van der Waals surface area contributed by atoms with Crippen molar-refractivity contribution >= 4 is 5.69 Å². The smallest absolute Gasteiger partial charge is 0.396 e. The Balaban J connectivity index is 0. The van der Waals surface area contributed by atoms with E-state index in [-0.39, 0.29) is 17.2 Å². The molecule has 0 heterocycles. The third kappa shape index (κ3) is 5.02. The van der Waals surface area contributed by atoms with E-state index in [9.17, 15) is 17.6 Å². The molecule has 2 N–H and O–H groups in total. The van der Waals surface area contributed by atoms with Crippen molar-refractivity contribution in [2.75, 3.05) is 5.73 Å². The van der Waals surface area contributed by atoms with Crippen molar-refractivity contribution in [3.63, 3.8) is 0 Å². The van der Waals surface area contributed by atoms with E-state index >= 15 is 0 Å². The minimum absolute atomic E-state index is 0.0314. The highest BCUT2D eigenvalue weighted by atomic mass is 19.4. The van der Waals surface area contributed by atoms with Crippen LogP contribution in [0.4, 0.5) is 23.2 Å². The van der Waals surface area contributed by atoms with Gasteiger partial charge in [-0.05, 0) is 30.0 Å². The van der Waals surface area contributed by atoms with Gasteiger partial charge in [0, 0.05) is 0 Å². The average molecular weight is 295 g/mol. The molecule has 20 heavy (non-hydrogen) atoms. The number of anilines is 1. The molecule has 0 amide bonds. The maximum absolute atomic E-state index is 13.3. The summed E-state index contributed by atoms with van der Waals surface area (Å²) in [4.78, 5) is 0. The molecule has 1 rings (SSSR count). The van der Waals surface area contributed by atoms with Gasteiger partial charge in [0.15, 0.2) is 0 Å². The number of benzene rings is 1. The predicted octanol–water partition coefficient (Wildman–Crippen LogP) is 5.91. The van der Waals surface area contributed by atoms with E-state index in [0.29, 0.717) is 0 Å². The fourth-order valence-electron chi connectivity index (χ4n) is 1.68. The Labute approximate surface area is 119 Å². The molecule has 0 saturated heterocycles. The lowest BCUT2D eigenvalue weighted by Gasteiger charge is -2.19. The van der Waals surface area contributed by atoms with Crippen LogP contribution in [-0.2, 0) is 6.18 Å². The second kappa shape index (κ2) is 8.82. The predicted molar refractivity (Wildman–Crippen MR) is 77.3 cm³/mol. The van der Waals surface area contributed by atoms with Crippen LogP contribution in [0.5, 0.6) is 0 Å². The van der Waals surface area contributed by atoms with Gasteiger partial charge in [-0.1, -0.05) is 41.5 Å². The van der Waals surface area contributed by atoms with E-state index in [0.717, 1.165) is 13.0 Å². The molecule has 0 aromatic heterocycles. The molecule has 118 valence electrons. The van der Waals surface area contributed by atoms with Crippen molar-refractivity contribution in [1.82, 2.24) is 0 Å². The van der Waals surface area contributed by atoms with Crippen LogP contribution in [0.3, 0.4) is 0 Å². The van der Waals surface area contributed by atoms with Crippen LogP contribution in [0, 0.1) is 12.7 Å². The first kappa shape index (κ1) is 21.0. The van der Waals surface area contributed by atoms with Crippen molar-refractivity contribution in [3.8, 4) is 0 Å². The summed E-state index contributed by atoms with van der Waals surface area (Å²) >= 11 is 0. The van der Waals surface area contributed by atoms with Crippen molar-refractivity contribution in [1.29, 1.82) is 0 Å². The molecule has 5 heteroatoms. The highest BCUT2D eigenvalue weighted by Gasteiger charge is 2.37. The molecular weight excluding hydrogens is 270 g/mol. The SMILES string of the molecule is CC.CC.Cc1c(F)c(N)cc(C(C)C)c1C(F)(F)F. The minimum atomic E-state index is -4.56. The van der Waals surface area contributed by atoms with Gasteiger partial charge < -0.3 is 5.73 Å². The lowest BCUT2D eigenvalue weighted by Crippen LogP contribution is -2.15. The number of hydrogen-bond donors (Lipinski definition) is 1. The van der Waals surface area contributed by atoms with Gasteiger partial charge in [0.1, 0.15) is 5.82 Å². The Bertz CT molecular complexity index is 409. The normalized spacial score (nSPS) is 10.4. The standard InChI is InChI=1S/C11H13F4N.2C2H6/c1-5(2)7-4-8(16)10(12)6(3)9(7)11(13,14)15;2*1-2/h4-5H,16H2,1-3H3;2*1-2H3. The van der Waals surface area contributed by atoms with Gasteiger partial charge >= 0.3 is 6.18 Å². The first-order chi connectivity index (χ1) is 9.16. The van der Waals surface area contributed by atoms with Gasteiger partial charge in [-0.25, -0.2) is 4.39 Å². The lowest BCUT2D eigenvalue weighted by molar-refractivity contribution is -0.139. The molecular formula is C15H25F4N. The molecule has 0 aliphatic carbocycles. The summed E-state index contributed by atoms with van der Waals surface area (Å²) < 4.78 is 51.7. The lowest BCUT2D eigenvalue weighted by atomic mass is 9.92. The van der Waals surface area contributed by atoms with E-state index in [1.54, 1.807) is 13.8 Å². The second-order valence-corrected chi connectivity index (χ2v) is 4.02. The molecule has 0 aliphatic rings. The van der Waals surface area contributed by atoms with Gasteiger partial charge in [0.05, 0.1) is 11.3 Å². The molecule has 1 aromatic rings. The van der Waals surface area contributed by atoms with Crippen LogP contribution in [0.15, 0.2) is 6.07 Å². The van der Waals surface area contributed by atoms with Crippen molar-refractivity contribution < 1.29 is 17.6 Å². The van der Waals surface area contributed by atoms with E-state index in [1.165, 1.54) is 0 Å². The summed E-state index contributed by atoms with van der Waals surface area (Å²) in [5.41, 5.74) is 3.78. The first-order valence-corrected chi connectivity index (χ1v) is 6.82. The van der Waals surface area contributed by atoms with Gasteiger partial charge in [-0.3, -0.25) is 0 Å². The summed E-state index contributed by atoms with van der Waals surface area (Å²) in [6.45, 7) is 12.3. The summed E-state index contributed by atoms with van der Waals surface area (Å²) in [5.74, 6) is -1.35. The third-order valence-electron chi connectivity index (χ3n) is 2.46. The molecule has 0 atom stereocenters. The largest absolute Gasteiger partial charge is 0.417 e. The van der Waals surface area contributed by atoms with E-state index < -0.39 is 23.1 Å². The number of halogens is 4. The van der Waals surface area contributed by atoms with E-state index in [1.807, 2.05) is 27.7 Å². The summed E-state index contributed by atoms with van der Waals surface area (Å²) in [5, 5.41) is 0. The molecule has 0 unspecified atom stereocenters. The quantitative estimate of drug-likeness (QED) is 0.505. The molecule has 0 radical (unpaired) electrons. The average Bonchev–Trinajstić information content (AvgIpc) is 2.38.